The van der Waals surface area contributed by atoms with E-state index in [0.717, 1.165) is 86.0 Å². The zero-order valence-electron chi connectivity index (χ0n) is 26.8. The lowest BCUT2D eigenvalue weighted by atomic mass is 10.1. The number of ether oxygens (including phenoxy) is 1. The van der Waals surface area contributed by atoms with Crippen LogP contribution in [-0.2, 0) is 17.9 Å². The number of nitrogen functional groups attached to an aromatic ring is 1. The van der Waals surface area contributed by atoms with E-state index in [-0.39, 0.29) is 16.6 Å². The van der Waals surface area contributed by atoms with Gasteiger partial charge in [0.1, 0.15) is 11.3 Å². The van der Waals surface area contributed by atoms with Crippen molar-refractivity contribution in [2.24, 2.45) is 5.73 Å². The van der Waals surface area contributed by atoms with Crippen LogP contribution in [0.2, 0.25) is 0 Å². The van der Waals surface area contributed by atoms with Crippen molar-refractivity contribution in [2.75, 3.05) is 63.2 Å². The summed E-state index contributed by atoms with van der Waals surface area (Å²) >= 11 is 0. The third-order valence-electron chi connectivity index (χ3n) is 7.95. The summed E-state index contributed by atoms with van der Waals surface area (Å²) in [5.74, 6) is 3.10. The highest BCUT2D eigenvalue weighted by molar-refractivity contribution is 8.77. The van der Waals surface area contributed by atoms with E-state index in [1.807, 2.05) is 28.0 Å². The molecule has 0 radical (unpaired) electrons. The molecule has 0 unspecified atom stereocenters. The van der Waals surface area contributed by atoms with Crippen molar-refractivity contribution in [2.45, 2.75) is 70.7 Å². The van der Waals surface area contributed by atoms with Crippen molar-refractivity contribution in [3.8, 4) is 5.75 Å². The molecule has 12 heteroatoms. The lowest BCUT2D eigenvalue weighted by molar-refractivity contribution is -0.133. The summed E-state index contributed by atoms with van der Waals surface area (Å²) in [6.07, 6.45) is 6.91. The monoisotopic (exact) mass is 642 g/mol. The van der Waals surface area contributed by atoms with Crippen molar-refractivity contribution in [1.82, 2.24) is 24.3 Å². The predicted octanol–water partition coefficient (Wildman–Crippen LogP) is 5.22. The number of unbranched alkanes of at least 4 members (excludes halogenated alkanes) is 2. The zero-order chi connectivity index (χ0) is 31.5. The van der Waals surface area contributed by atoms with E-state index in [1.54, 1.807) is 17.9 Å². The third-order valence-corrected chi connectivity index (χ3v) is 11.3. The molecule has 3 aromatic rings. The Morgan fingerprint density at radius 3 is 2.64 bits per heavy atom. The number of fused-ring (bicyclic) bond motifs is 1. The van der Waals surface area contributed by atoms with E-state index in [1.165, 1.54) is 18.4 Å². The highest BCUT2D eigenvalue weighted by atomic mass is 33.1. The highest BCUT2D eigenvalue weighted by Gasteiger charge is 2.25. The summed E-state index contributed by atoms with van der Waals surface area (Å²) in [4.78, 5) is 26.3. The van der Waals surface area contributed by atoms with E-state index >= 15 is 0 Å². The van der Waals surface area contributed by atoms with Crippen LogP contribution in [0.25, 0.3) is 11.0 Å². The van der Waals surface area contributed by atoms with Crippen LogP contribution in [0, 0.1) is 0 Å². The summed E-state index contributed by atoms with van der Waals surface area (Å²) in [6.45, 7) is 12.9. The van der Waals surface area contributed by atoms with Gasteiger partial charge in [0, 0.05) is 74.5 Å². The van der Waals surface area contributed by atoms with Gasteiger partial charge in [0.2, 0.25) is 11.9 Å². The first-order valence-electron chi connectivity index (χ1n) is 15.8. The molecule has 0 saturated carbocycles. The molecule has 0 bridgehead atoms. The largest absolute Gasteiger partial charge is 0.496 e. The number of carbonyl (C=O) groups excluding carboxylic acids is 1. The van der Waals surface area contributed by atoms with Crippen molar-refractivity contribution in [1.29, 1.82) is 0 Å². The molecule has 242 valence electrons. The second kappa shape index (κ2) is 16.6. The van der Waals surface area contributed by atoms with Gasteiger partial charge >= 0.3 is 0 Å². The van der Waals surface area contributed by atoms with Gasteiger partial charge in [0.25, 0.3) is 0 Å². The molecule has 3 heterocycles. The van der Waals surface area contributed by atoms with Crippen molar-refractivity contribution in [3.63, 3.8) is 0 Å². The standard InChI is InChI=1S/C32H50N8O2S2/c1-5-6-7-14-35-30-29-26(36-31(34)37-30)11-15-40(29)23-25-9-8-24(21-27(25)42-4)22-38-16-18-39(19-17-38)28(41)10-12-32(2,3)44-43-20-13-33/h8-9,11,15,21H,5-7,10,12-14,16-20,22-23,33H2,1-4H3,(H3,34,35,36,37). The maximum Gasteiger partial charge on any atom is 0.222 e. The summed E-state index contributed by atoms with van der Waals surface area (Å²) in [6, 6.07) is 8.46. The first-order chi connectivity index (χ1) is 21.2. The summed E-state index contributed by atoms with van der Waals surface area (Å²) in [7, 11) is 5.36. The first kappa shape index (κ1) is 34.2. The molecule has 1 fully saturated rings. The number of methoxy groups -OCH3 is 1. The summed E-state index contributed by atoms with van der Waals surface area (Å²) in [5.41, 5.74) is 15.7. The third kappa shape index (κ3) is 9.66. The number of amides is 1. The Balaban J connectivity index is 1.33. The minimum Gasteiger partial charge on any atom is -0.496 e. The maximum atomic E-state index is 12.9. The number of piperazine rings is 1. The average Bonchev–Trinajstić information content (AvgIpc) is 3.41. The van der Waals surface area contributed by atoms with Gasteiger partial charge in [-0.25, -0.2) is 4.98 Å². The Kier molecular flexibility index (Phi) is 12.9. The lowest BCUT2D eigenvalue weighted by Gasteiger charge is -2.35. The fourth-order valence-corrected chi connectivity index (χ4v) is 7.86. The fourth-order valence-electron chi connectivity index (χ4n) is 5.43. The van der Waals surface area contributed by atoms with E-state index in [2.05, 4.69) is 63.7 Å². The van der Waals surface area contributed by atoms with Crippen LogP contribution in [0.5, 0.6) is 5.75 Å². The number of nitrogens with one attached hydrogen (secondary N) is 1. The first-order valence-corrected chi connectivity index (χ1v) is 18.1. The quantitative estimate of drug-likeness (QED) is 0.133. The smallest absolute Gasteiger partial charge is 0.222 e. The second-order valence-corrected chi connectivity index (χ2v) is 15.1. The molecule has 1 saturated heterocycles. The Labute approximate surface area is 270 Å². The SMILES string of the molecule is CCCCCNc1nc(N)nc2ccn(Cc3ccc(CN4CCN(C(=O)CCC(C)(C)SSCCN)CC4)cc3OC)c12. The number of carbonyl (C=O) groups is 1. The molecule has 1 amide bonds. The Bertz CT molecular complexity index is 1360. The number of rotatable bonds is 17. The van der Waals surface area contributed by atoms with Crippen molar-refractivity contribution < 1.29 is 9.53 Å². The van der Waals surface area contributed by atoms with Gasteiger partial charge in [-0.3, -0.25) is 9.69 Å². The summed E-state index contributed by atoms with van der Waals surface area (Å²) in [5, 5.41) is 3.47. The topological polar surface area (TPSA) is 128 Å². The molecule has 10 nitrogen and oxygen atoms in total. The number of aromatic nitrogens is 3. The van der Waals surface area contributed by atoms with Gasteiger partial charge < -0.3 is 31.0 Å². The van der Waals surface area contributed by atoms with E-state index in [4.69, 9.17) is 16.2 Å². The van der Waals surface area contributed by atoms with Crippen LogP contribution in [0.3, 0.4) is 0 Å². The Morgan fingerprint density at radius 1 is 1.11 bits per heavy atom. The average molecular weight is 643 g/mol. The molecule has 0 aliphatic carbocycles. The van der Waals surface area contributed by atoms with Gasteiger partial charge in [0.15, 0.2) is 5.82 Å². The molecule has 2 aromatic heterocycles. The van der Waals surface area contributed by atoms with Crippen LogP contribution in [0.15, 0.2) is 30.5 Å². The molecular formula is C32H50N8O2S2. The normalized spacial score (nSPS) is 14.3. The van der Waals surface area contributed by atoms with Gasteiger partial charge in [-0.15, -0.1) is 0 Å². The molecular weight excluding hydrogens is 593 g/mol. The summed E-state index contributed by atoms with van der Waals surface area (Å²) < 4.78 is 8.07. The molecule has 44 heavy (non-hydrogen) atoms. The van der Waals surface area contributed by atoms with E-state index in [0.29, 0.717) is 19.5 Å². The van der Waals surface area contributed by atoms with Gasteiger partial charge in [-0.05, 0) is 44.4 Å². The molecule has 1 aliphatic rings. The van der Waals surface area contributed by atoms with Gasteiger partial charge in [-0.2, -0.15) is 4.98 Å². The lowest BCUT2D eigenvalue weighted by Crippen LogP contribution is -2.48. The zero-order valence-corrected chi connectivity index (χ0v) is 28.4. The van der Waals surface area contributed by atoms with Crippen LogP contribution in [0.1, 0.15) is 64.0 Å². The van der Waals surface area contributed by atoms with Crippen LogP contribution >= 0.6 is 21.6 Å². The van der Waals surface area contributed by atoms with Crippen molar-refractivity contribution >= 4 is 50.3 Å². The molecule has 0 atom stereocenters. The molecule has 1 aromatic carbocycles. The Morgan fingerprint density at radius 2 is 1.91 bits per heavy atom. The number of anilines is 2. The highest BCUT2D eigenvalue weighted by Crippen LogP contribution is 2.38. The number of hydrogen-bond acceptors (Lipinski definition) is 10. The number of nitrogens with zero attached hydrogens (tertiary/aromatic N) is 5. The fraction of sp³-hybridized carbons (Fsp3) is 0.594. The minimum atomic E-state index is 0.0617. The minimum absolute atomic E-state index is 0.0617. The maximum absolute atomic E-state index is 12.9. The van der Waals surface area contributed by atoms with Gasteiger partial charge in [-0.1, -0.05) is 53.5 Å². The van der Waals surface area contributed by atoms with Crippen LogP contribution in [0.4, 0.5) is 11.8 Å². The van der Waals surface area contributed by atoms with Crippen LogP contribution < -0.4 is 21.5 Å². The number of benzene rings is 1. The van der Waals surface area contributed by atoms with Crippen LogP contribution in [-0.4, -0.2) is 87.1 Å². The molecule has 5 N–H and O–H groups in total. The predicted molar refractivity (Wildman–Crippen MR) is 186 cm³/mol. The molecule has 0 spiro atoms. The molecule has 1 aliphatic heterocycles. The van der Waals surface area contributed by atoms with Gasteiger partial charge in [0.05, 0.1) is 19.2 Å². The van der Waals surface area contributed by atoms with E-state index in [9.17, 15) is 4.79 Å². The number of nitrogens with two attached hydrogens (primary N) is 2. The van der Waals surface area contributed by atoms with Crippen molar-refractivity contribution in [3.05, 3.63) is 41.6 Å². The number of hydrogen-bond donors (Lipinski definition) is 3. The Hall–Kier alpha value is -2.67. The van der Waals surface area contributed by atoms with E-state index < -0.39 is 0 Å². The second-order valence-electron chi connectivity index (χ2n) is 12.0. The molecule has 4 rings (SSSR count).